The molecule has 1 fully saturated rings. The Morgan fingerprint density at radius 1 is 1.05 bits per heavy atom. The molecule has 2 aromatic rings. The summed E-state index contributed by atoms with van der Waals surface area (Å²) in [4.78, 5) is 12.0. The topological polar surface area (TPSA) is 41.1 Å². The molecular formula is C18H19ClN2O. The summed E-state index contributed by atoms with van der Waals surface area (Å²) in [6.45, 7) is 0.977. The summed E-state index contributed by atoms with van der Waals surface area (Å²) >= 11 is 5.83. The number of benzene rings is 2. The van der Waals surface area contributed by atoms with Gasteiger partial charge in [-0.25, -0.2) is 0 Å². The van der Waals surface area contributed by atoms with Crippen molar-refractivity contribution in [1.29, 1.82) is 0 Å². The number of nitrogens with one attached hydrogen (secondary N) is 2. The van der Waals surface area contributed by atoms with E-state index in [0.29, 0.717) is 11.6 Å². The Balaban J connectivity index is 1.48. The van der Waals surface area contributed by atoms with Gasteiger partial charge in [-0.05, 0) is 42.7 Å². The lowest BCUT2D eigenvalue weighted by molar-refractivity contribution is -0.119. The van der Waals surface area contributed by atoms with Gasteiger partial charge in [0.1, 0.15) is 0 Å². The van der Waals surface area contributed by atoms with Gasteiger partial charge in [-0.1, -0.05) is 41.9 Å². The van der Waals surface area contributed by atoms with Crippen LogP contribution in [0.4, 0.5) is 5.69 Å². The quantitative estimate of drug-likeness (QED) is 0.855. The molecule has 1 amide bonds. The molecule has 3 rings (SSSR count). The molecule has 3 nitrogen and oxygen atoms in total. The van der Waals surface area contributed by atoms with Crippen LogP contribution in [-0.2, 0) is 10.2 Å². The van der Waals surface area contributed by atoms with E-state index in [1.54, 1.807) is 12.1 Å². The molecule has 2 aromatic carbocycles. The molecular weight excluding hydrogens is 296 g/mol. The van der Waals surface area contributed by atoms with Crippen LogP contribution in [-0.4, -0.2) is 19.0 Å². The van der Waals surface area contributed by atoms with Crippen molar-refractivity contribution in [3.63, 3.8) is 0 Å². The van der Waals surface area contributed by atoms with Crippen LogP contribution in [0.15, 0.2) is 54.6 Å². The van der Waals surface area contributed by atoms with E-state index in [9.17, 15) is 4.79 Å². The first-order valence-electron chi connectivity index (χ1n) is 7.50. The van der Waals surface area contributed by atoms with Gasteiger partial charge in [0, 0.05) is 22.7 Å². The molecule has 0 unspecified atom stereocenters. The van der Waals surface area contributed by atoms with Gasteiger partial charge in [-0.2, -0.15) is 0 Å². The second-order valence-electron chi connectivity index (χ2n) is 5.78. The summed E-state index contributed by atoms with van der Waals surface area (Å²) in [6.07, 6.45) is 2.28. The summed E-state index contributed by atoms with van der Waals surface area (Å²) in [5.41, 5.74) is 2.36. The fourth-order valence-corrected chi connectivity index (χ4v) is 2.72. The normalized spacial score (nSPS) is 15.1. The van der Waals surface area contributed by atoms with Crippen LogP contribution in [0, 0.1) is 0 Å². The third-order valence-electron chi connectivity index (χ3n) is 4.16. The number of hydrogen-bond acceptors (Lipinski definition) is 2. The highest BCUT2D eigenvalue weighted by Crippen LogP contribution is 2.47. The van der Waals surface area contributed by atoms with Crippen LogP contribution in [0.5, 0.6) is 0 Å². The van der Waals surface area contributed by atoms with Gasteiger partial charge in [-0.3, -0.25) is 4.79 Å². The molecule has 0 radical (unpaired) electrons. The third kappa shape index (κ3) is 3.60. The first kappa shape index (κ1) is 14.9. The van der Waals surface area contributed by atoms with Gasteiger partial charge in [0.2, 0.25) is 5.91 Å². The summed E-state index contributed by atoms with van der Waals surface area (Å²) in [6, 6.07) is 17.7. The number of amides is 1. The lowest BCUT2D eigenvalue weighted by Gasteiger charge is -2.17. The number of carbonyl (C=O) groups is 1. The number of rotatable bonds is 6. The van der Waals surface area contributed by atoms with E-state index < -0.39 is 0 Å². The third-order valence-corrected chi connectivity index (χ3v) is 4.41. The first-order valence-corrected chi connectivity index (χ1v) is 7.87. The van der Waals surface area contributed by atoms with Gasteiger partial charge in [-0.15, -0.1) is 0 Å². The average molecular weight is 315 g/mol. The summed E-state index contributed by atoms with van der Waals surface area (Å²) in [5, 5.41) is 6.82. The van der Waals surface area contributed by atoms with Crippen LogP contribution in [0.25, 0.3) is 0 Å². The SMILES string of the molecule is O=C(CNc1ccc(Cl)cc1)NCC1(c2ccccc2)CC1. The Kier molecular flexibility index (Phi) is 4.34. The molecule has 114 valence electrons. The van der Waals surface area contributed by atoms with Crippen LogP contribution in [0.1, 0.15) is 18.4 Å². The predicted molar refractivity (Wildman–Crippen MR) is 90.3 cm³/mol. The molecule has 1 saturated carbocycles. The zero-order chi connectivity index (χ0) is 15.4. The van der Waals surface area contributed by atoms with E-state index in [4.69, 9.17) is 11.6 Å². The Morgan fingerprint density at radius 2 is 1.73 bits per heavy atom. The fraction of sp³-hybridized carbons (Fsp3) is 0.278. The van der Waals surface area contributed by atoms with E-state index >= 15 is 0 Å². The first-order chi connectivity index (χ1) is 10.7. The van der Waals surface area contributed by atoms with E-state index in [-0.39, 0.29) is 17.9 Å². The standard InChI is InChI=1S/C18H19ClN2O/c19-15-6-8-16(9-7-15)20-12-17(22)21-13-18(10-11-18)14-4-2-1-3-5-14/h1-9,20H,10-13H2,(H,21,22). The van der Waals surface area contributed by atoms with E-state index in [2.05, 4.69) is 34.9 Å². The zero-order valence-electron chi connectivity index (χ0n) is 12.3. The van der Waals surface area contributed by atoms with Crippen molar-refractivity contribution < 1.29 is 4.79 Å². The zero-order valence-corrected chi connectivity index (χ0v) is 13.1. The smallest absolute Gasteiger partial charge is 0.239 e. The van der Waals surface area contributed by atoms with Gasteiger partial charge < -0.3 is 10.6 Å². The van der Waals surface area contributed by atoms with E-state index in [1.165, 1.54) is 5.56 Å². The molecule has 0 bridgehead atoms. The minimum absolute atomic E-state index is 0.0113. The lowest BCUT2D eigenvalue weighted by Crippen LogP contribution is -2.35. The van der Waals surface area contributed by atoms with Gasteiger partial charge in [0.15, 0.2) is 0 Å². The molecule has 1 aliphatic carbocycles. The maximum absolute atomic E-state index is 12.0. The van der Waals surface area contributed by atoms with E-state index in [1.807, 2.05) is 18.2 Å². The second kappa shape index (κ2) is 6.41. The minimum Gasteiger partial charge on any atom is -0.376 e. The summed E-state index contributed by atoms with van der Waals surface area (Å²) in [7, 11) is 0. The van der Waals surface area contributed by atoms with Crippen molar-refractivity contribution in [3.8, 4) is 0 Å². The Hall–Kier alpha value is -2.00. The summed E-state index contributed by atoms with van der Waals surface area (Å²) in [5.74, 6) is 0.0113. The summed E-state index contributed by atoms with van der Waals surface area (Å²) < 4.78 is 0. The molecule has 0 atom stereocenters. The van der Waals surface area contributed by atoms with Gasteiger partial charge in [0.05, 0.1) is 6.54 Å². The van der Waals surface area contributed by atoms with E-state index in [0.717, 1.165) is 18.5 Å². The highest BCUT2D eigenvalue weighted by molar-refractivity contribution is 6.30. The van der Waals surface area contributed by atoms with Crippen LogP contribution < -0.4 is 10.6 Å². The molecule has 22 heavy (non-hydrogen) atoms. The van der Waals surface area contributed by atoms with Gasteiger partial charge in [0.25, 0.3) is 0 Å². The highest BCUT2D eigenvalue weighted by Gasteiger charge is 2.44. The van der Waals surface area contributed by atoms with Crippen LogP contribution in [0.3, 0.4) is 0 Å². The van der Waals surface area contributed by atoms with Crippen molar-refractivity contribution >= 4 is 23.2 Å². The molecule has 2 N–H and O–H groups in total. The number of hydrogen-bond donors (Lipinski definition) is 2. The second-order valence-corrected chi connectivity index (χ2v) is 6.22. The molecule has 0 saturated heterocycles. The Morgan fingerprint density at radius 3 is 2.36 bits per heavy atom. The van der Waals surface area contributed by atoms with Crippen molar-refractivity contribution in [3.05, 3.63) is 65.2 Å². The molecule has 0 spiro atoms. The predicted octanol–water partition coefficient (Wildman–Crippen LogP) is 3.60. The monoisotopic (exact) mass is 314 g/mol. The molecule has 1 aliphatic rings. The molecule has 0 aliphatic heterocycles. The van der Waals surface area contributed by atoms with Crippen molar-refractivity contribution in [1.82, 2.24) is 5.32 Å². The maximum atomic E-state index is 12.0. The van der Waals surface area contributed by atoms with Crippen molar-refractivity contribution in [2.75, 3.05) is 18.4 Å². The minimum atomic E-state index is 0.0113. The number of halogens is 1. The molecule has 4 heteroatoms. The van der Waals surface area contributed by atoms with Crippen LogP contribution >= 0.6 is 11.6 Å². The largest absolute Gasteiger partial charge is 0.376 e. The average Bonchev–Trinajstić information content (AvgIpc) is 3.34. The van der Waals surface area contributed by atoms with Gasteiger partial charge >= 0.3 is 0 Å². The number of anilines is 1. The van der Waals surface area contributed by atoms with Crippen LogP contribution in [0.2, 0.25) is 5.02 Å². The van der Waals surface area contributed by atoms with Crippen molar-refractivity contribution in [2.45, 2.75) is 18.3 Å². The molecule has 0 heterocycles. The maximum Gasteiger partial charge on any atom is 0.239 e. The Bertz CT molecular complexity index is 636. The number of carbonyl (C=O) groups excluding carboxylic acids is 1. The Labute approximate surface area is 135 Å². The highest BCUT2D eigenvalue weighted by atomic mass is 35.5. The fourth-order valence-electron chi connectivity index (χ4n) is 2.59. The lowest BCUT2D eigenvalue weighted by atomic mass is 9.96. The molecule has 0 aromatic heterocycles. The van der Waals surface area contributed by atoms with Crippen molar-refractivity contribution in [2.24, 2.45) is 0 Å².